The highest BCUT2D eigenvalue weighted by molar-refractivity contribution is 5.84. The van der Waals surface area contributed by atoms with Crippen LogP contribution >= 0.6 is 0 Å². The van der Waals surface area contributed by atoms with Gasteiger partial charge in [-0.2, -0.15) is 0 Å². The van der Waals surface area contributed by atoms with Crippen LogP contribution in [0.25, 0.3) is 0 Å². The molecule has 0 saturated heterocycles. The van der Waals surface area contributed by atoms with Crippen molar-refractivity contribution in [3.05, 3.63) is 66.0 Å². The van der Waals surface area contributed by atoms with Crippen molar-refractivity contribution in [2.45, 2.75) is 38.8 Å². The van der Waals surface area contributed by atoms with E-state index >= 15 is 0 Å². The maximum atomic E-state index is 12.9. The van der Waals surface area contributed by atoms with Gasteiger partial charge in [0.15, 0.2) is 0 Å². The third-order valence-corrected chi connectivity index (χ3v) is 3.72. The minimum Gasteiger partial charge on any atom is -0.374 e. The van der Waals surface area contributed by atoms with Gasteiger partial charge in [-0.05, 0) is 56.5 Å². The van der Waals surface area contributed by atoms with Crippen molar-refractivity contribution in [3.8, 4) is 0 Å². The molecule has 122 valence electrons. The Balaban J connectivity index is 1.77. The van der Waals surface area contributed by atoms with Gasteiger partial charge < -0.3 is 10.6 Å². The van der Waals surface area contributed by atoms with Crippen LogP contribution in [0.4, 0.5) is 10.1 Å². The van der Waals surface area contributed by atoms with Crippen LogP contribution in [0.1, 0.15) is 25.8 Å². The van der Waals surface area contributed by atoms with Crippen LogP contribution < -0.4 is 10.6 Å². The van der Waals surface area contributed by atoms with E-state index in [4.69, 9.17) is 0 Å². The molecule has 2 rings (SSSR count). The van der Waals surface area contributed by atoms with Gasteiger partial charge in [0.1, 0.15) is 11.9 Å². The van der Waals surface area contributed by atoms with E-state index in [2.05, 4.69) is 22.8 Å². The minimum atomic E-state index is -0.375. The van der Waals surface area contributed by atoms with Crippen LogP contribution in [-0.4, -0.2) is 18.0 Å². The zero-order valence-electron chi connectivity index (χ0n) is 13.6. The first-order chi connectivity index (χ1) is 11.0. The molecule has 2 N–H and O–H groups in total. The number of hydrogen-bond acceptors (Lipinski definition) is 2. The molecular weight excluding hydrogens is 291 g/mol. The summed E-state index contributed by atoms with van der Waals surface area (Å²) >= 11 is 0. The van der Waals surface area contributed by atoms with Crippen LogP contribution in [0.5, 0.6) is 0 Å². The molecule has 0 aliphatic carbocycles. The summed E-state index contributed by atoms with van der Waals surface area (Å²) in [6.45, 7) is 3.80. The fraction of sp³-hybridized carbons (Fsp3) is 0.316. The van der Waals surface area contributed by atoms with E-state index in [-0.39, 0.29) is 23.8 Å². The highest BCUT2D eigenvalue weighted by atomic mass is 19.1. The summed E-state index contributed by atoms with van der Waals surface area (Å²) < 4.78 is 12.9. The summed E-state index contributed by atoms with van der Waals surface area (Å²) in [6.07, 6.45) is 1.82. The van der Waals surface area contributed by atoms with Gasteiger partial charge in [-0.25, -0.2) is 4.39 Å². The van der Waals surface area contributed by atoms with Gasteiger partial charge in [0.05, 0.1) is 0 Å². The second-order valence-electron chi connectivity index (χ2n) is 5.81. The van der Waals surface area contributed by atoms with Crippen LogP contribution in [0.15, 0.2) is 54.6 Å². The molecule has 0 fully saturated rings. The number of amides is 1. The summed E-state index contributed by atoms with van der Waals surface area (Å²) in [5.74, 6) is -0.350. The van der Waals surface area contributed by atoms with Gasteiger partial charge in [-0.1, -0.05) is 30.3 Å². The van der Waals surface area contributed by atoms with Crippen LogP contribution in [0, 0.1) is 5.82 Å². The Bertz CT molecular complexity index is 613. The molecule has 23 heavy (non-hydrogen) atoms. The second-order valence-corrected chi connectivity index (χ2v) is 5.81. The third kappa shape index (κ3) is 5.74. The highest BCUT2D eigenvalue weighted by Gasteiger charge is 2.15. The number of benzene rings is 2. The van der Waals surface area contributed by atoms with E-state index in [1.54, 1.807) is 19.1 Å². The number of aryl methyl sites for hydroxylation is 1. The van der Waals surface area contributed by atoms with Gasteiger partial charge in [0.2, 0.25) is 5.91 Å². The predicted molar refractivity (Wildman–Crippen MR) is 91.9 cm³/mol. The molecule has 0 aliphatic heterocycles. The lowest BCUT2D eigenvalue weighted by molar-refractivity contribution is -0.122. The Morgan fingerprint density at radius 2 is 1.70 bits per heavy atom. The number of rotatable bonds is 7. The first kappa shape index (κ1) is 17.0. The van der Waals surface area contributed by atoms with Gasteiger partial charge >= 0.3 is 0 Å². The highest BCUT2D eigenvalue weighted by Crippen LogP contribution is 2.10. The molecule has 0 aliphatic rings. The zero-order valence-corrected chi connectivity index (χ0v) is 13.6. The molecule has 0 aromatic heterocycles. The average Bonchev–Trinajstić information content (AvgIpc) is 2.56. The van der Waals surface area contributed by atoms with Crippen molar-refractivity contribution in [1.29, 1.82) is 0 Å². The van der Waals surface area contributed by atoms with Gasteiger partial charge in [0, 0.05) is 11.7 Å². The normalized spacial score (nSPS) is 13.2. The first-order valence-electron chi connectivity index (χ1n) is 7.91. The molecule has 1 amide bonds. The molecule has 3 nitrogen and oxygen atoms in total. The Morgan fingerprint density at radius 1 is 1.04 bits per heavy atom. The summed E-state index contributed by atoms with van der Waals surface area (Å²) in [6, 6.07) is 15.9. The van der Waals surface area contributed by atoms with Crippen LogP contribution in [0.2, 0.25) is 0 Å². The van der Waals surface area contributed by atoms with Crippen molar-refractivity contribution < 1.29 is 9.18 Å². The summed E-state index contributed by atoms with van der Waals surface area (Å²) in [4.78, 5) is 12.2. The Labute approximate surface area is 136 Å². The second kappa shape index (κ2) is 8.32. The fourth-order valence-corrected chi connectivity index (χ4v) is 2.33. The zero-order chi connectivity index (χ0) is 16.7. The maximum Gasteiger partial charge on any atom is 0.242 e. The molecule has 0 unspecified atom stereocenters. The summed E-state index contributed by atoms with van der Waals surface area (Å²) in [5.41, 5.74) is 2.00. The van der Waals surface area contributed by atoms with E-state index in [1.807, 2.05) is 25.1 Å². The largest absolute Gasteiger partial charge is 0.374 e. The lowest BCUT2D eigenvalue weighted by atomic mass is 10.1. The maximum absolute atomic E-state index is 12.9. The minimum absolute atomic E-state index is 0.0603. The standard InChI is InChI=1S/C19H23FN2O/c1-14(8-9-16-6-4-3-5-7-16)21-19(23)15(2)22-18-12-10-17(20)11-13-18/h3-7,10-15,22H,8-9H2,1-2H3,(H,21,23)/t14-,15+/m0/s1. The van der Waals surface area contributed by atoms with Gasteiger partial charge in [-0.15, -0.1) is 0 Å². The molecule has 2 atom stereocenters. The van der Waals surface area contributed by atoms with Crippen LogP contribution in [-0.2, 0) is 11.2 Å². The number of carbonyl (C=O) groups excluding carboxylic acids is 1. The number of halogens is 1. The summed E-state index contributed by atoms with van der Waals surface area (Å²) in [7, 11) is 0. The van der Waals surface area contributed by atoms with Crippen LogP contribution in [0.3, 0.4) is 0 Å². The van der Waals surface area contributed by atoms with Crippen molar-refractivity contribution in [1.82, 2.24) is 5.32 Å². The van der Waals surface area contributed by atoms with E-state index in [9.17, 15) is 9.18 Å². The molecule has 0 bridgehead atoms. The smallest absolute Gasteiger partial charge is 0.242 e. The van der Waals surface area contributed by atoms with Crippen molar-refractivity contribution in [3.63, 3.8) is 0 Å². The lowest BCUT2D eigenvalue weighted by Gasteiger charge is -2.19. The van der Waals surface area contributed by atoms with E-state index in [0.29, 0.717) is 0 Å². The number of hydrogen-bond donors (Lipinski definition) is 2. The molecule has 0 saturated carbocycles. The quantitative estimate of drug-likeness (QED) is 0.817. The van der Waals surface area contributed by atoms with E-state index in [1.165, 1.54) is 17.7 Å². The third-order valence-electron chi connectivity index (χ3n) is 3.72. The molecule has 4 heteroatoms. The topological polar surface area (TPSA) is 41.1 Å². The Hall–Kier alpha value is -2.36. The fourth-order valence-electron chi connectivity index (χ4n) is 2.33. The predicted octanol–water partition coefficient (Wildman–Crippen LogP) is 3.76. The lowest BCUT2D eigenvalue weighted by Crippen LogP contribution is -2.42. The monoisotopic (exact) mass is 314 g/mol. The average molecular weight is 314 g/mol. The summed E-state index contributed by atoms with van der Waals surface area (Å²) in [5, 5.41) is 6.08. The SMILES string of the molecule is C[C@@H](CCc1ccccc1)NC(=O)[C@@H](C)Nc1ccc(F)cc1. The van der Waals surface area contributed by atoms with Crippen molar-refractivity contribution in [2.24, 2.45) is 0 Å². The van der Waals surface area contributed by atoms with Crippen molar-refractivity contribution >= 4 is 11.6 Å². The first-order valence-corrected chi connectivity index (χ1v) is 7.91. The number of carbonyl (C=O) groups is 1. The molecule has 0 spiro atoms. The van der Waals surface area contributed by atoms with Gasteiger partial charge in [0.25, 0.3) is 0 Å². The van der Waals surface area contributed by atoms with E-state index in [0.717, 1.165) is 18.5 Å². The molecule has 0 heterocycles. The molecule has 2 aromatic rings. The molecule has 2 aromatic carbocycles. The Kier molecular flexibility index (Phi) is 6.15. The Morgan fingerprint density at radius 3 is 2.35 bits per heavy atom. The number of nitrogens with one attached hydrogen (secondary N) is 2. The molecular formula is C19H23FN2O. The molecule has 0 radical (unpaired) electrons. The van der Waals surface area contributed by atoms with E-state index < -0.39 is 0 Å². The number of anilines is 1. The van der Waals surface area contributed by atoms with Crippen molar-refractivity contribution in [2.75, 3.05) is 5.32 Å². The van der Waals surface area contributed by atoms with Gasteiger partial charge in [-0.3, -0.25) is 4.79 Å².